The van der Waals surface area contributed by atoms with E-state index in [0.29, 0.717) is 25.7 Å². The van der Waals surface area contributed by atoms with Crippen LogP contribution in [0.1, 0.15) is 18.0 Å². The van der Waals surface area contributed by atoms with Gasteiger partial charge in [-0.2, -0.15) is 0 Å². The Morgan fingerprint density at radius 1 is 1.27 bits per heavy atom. The molecule has 1 aromatic heterocycles. The predicted molar refractivity (Wildman–Crippen MR) is 101 cm³/mol. The van der Waals surface area contributed by atoms with Gasteiger partial charge in [0.15, 0.2) is 5.96 Å². The Balaban J connectivity index is 1.43. The minimum atomic E-state index is -0.133. The summed E-state index contributed by atoms with van der Waals surface area (Å²) in [6.45, 7) is 1.54. The van der Waals surface area contributed by atoms with E-state index in [9.17, 15) is 4.79 Å². The molecule has 2 aromatic carbocycles. The average molecular weight is 351 g/mol. The molecule has 7 nitrogen and oxygen atoms in total. The SMILES string of the molecule is NC(=NCCn1c(=O)[nH]c2ccccc21)NC1CCOc2ccccc21. The van der Waals surface area contributed by atoms with Crippen molar-refractivity contribution in [2.24, 2.45) is 10.7 Å². The molecule has 0 fully saturated rings. The first-order valence-electron chi connectivity index (χ1n) is 8.68. The summed E-state index contributed by atoms with van der Waals surface area (Å²) in [6.07, 6.45) is 0.829. The van der Waals surface area contributed by atoms with Gasteiger partial charge in [0, 0.05) is 18.5 Å². The Morgan fingerprint density at radius 2 is 2.08 bits per heavy atom. The fraction of sp³-hybridized carbons (Fsp3) is 0.263. The number of ether oxygens (including phenoxy) is 1. The number of hydrogen-bond donors (Lipinski definition) is 3. The first kappa shape index (κ1) is 16.3. The van der Waals surface area contributed by atoms with Gasteiger partial charge in [0.05, 0.1) is 30.2 Å². The van der Waals surface area contributed by atoms with Crippen molar-refractivity contribution in [1.82, 2.24) is 14.9 Å². The van der Waals surface area contributed by atoms with Crippen molar-refractivity contribution in [2.45, 2.75) is 19.0 Å². The molecule has 0 spiro atoms. The van der Waals surface area contributed by atoms with Gasteiger partial charge in [-0.25, -0.2) is 4.79 Å². The number of guanidine groups is 1. The largest absolute Gasteiger partial charge is 0.493 e. The number of nitrogens with zero attached hydrogens (tertiary/aromatic N) is 2. The van der Waals surface area contributed by atoms with Crippen LogP contribution in [0.4, 0.5) is 0 Å². The minimum Gasteiger partial charge on any atom is -0.493 e. The summed E-state index contributed by atoms with van der Waals surface area (Å²) < 4.78 is 7.33. The number of imidazole rings is 1. The molecule has 1 unspecified atom stereocenters. The summed E-state index contributed by atoms with van der Waals surface area (Å²) >= 11 is 0. The van der Waals surface area contributed by atoms with Crippen LogP contribution in [0.2, 0.25) is 0 Å². The Morgan fingerprint density at radius 3 is 3.00 bits per heavy atom. The molecule has 26 heavy (non-hydrogen) atoms. The second-order valence-corrected chi connectivity index (χ2v) is 6.24. The van der Waals surface area contributed by atoms with E-state index in [4.69, 9.17) is 10.5 Å². The highest BCUT2D eigenvalue weighted by Gasteiger charge is 2.21. The van der Waals surface area contributed by atoms with Crippen LogP contribution in [-0.4, -0.2) is 28.7 Å². The predicted octanol–water partition coefficient (Wildman–Crippen LogP) is 1.76. The summed E-state index contributed by atoms with van der Waals surface area (Å²) in [4.78, 5) is 19.3. The lowest BCUT2D eigenvalue weighted by atomic mass is 10.0. The smallest absolute Gasteiger partial charge is 0.326 e. The van der Waals surface area contributed by atoms with Gasteiger partial charge in [-0.05, 0) is 18.2 Å². The molecule has 0 radical (unpaired) electrons. The standard InChI is InChI=1S/C19H21N5O2/c20-18(22-14-9-12-26-17-8-4-1-5-13(14)17)21-10-11-24-16-7-3-2-6-15(16)23-19(24)25/h1-8,14H,9-12H2,(H,23,25)(H3,20,21,22). The van der Waals surface area contributed by atoms with Crippen LogP contribution >= 0.6 is 0 Å². The second-order valence-electron chi connectivity index (χ2n) is 6.24. The van der Waals surface area contributed by atoms with Gasteiger partial charge >= 0.3 is 5.69 Å². The topological polar surface area (TPSA) is 97.4 Å². The molecular weight excluding hydrogens is 330 g/mol. The summed E-state index contributed by atoms with van der Waals surface area (Å²) in [5.74, 6) is 1.26. The molecule has 4 N–H and O–H groups in total. The fourth-order valence-electron chi connectivity index (χ4n) is 3.32. The Labute approximate surface area is 150 Å². The van der Waals surface area contributed by atoms with Gasteiger partial charge in [-0.1, -0.05) is 30.3 Å². The molecule has 7 heteroatoms. The molecule has 1 aliphatic rings. The van der Waals surface area contributed by atoms with Crippen molar-refractivity contribution in [2.75, 3.05) is 13.2 Å². The normalized spacial score (nSPS) is 16.9. The zero-order valence-electron chi connectivity index (χ0n) is 14.3. The van der Waals surface area contributed by atoms with E-state index in [0.717, 1.165) is 28.8 Å². The van der Waals surface area contributed by atoms with E-state index in [-0.39, 0.29) is 11.7 Å². The third kappa shape index (κ3) is 3.15. The van der Waals surface area contributed by atoms with Gasteiger partial charge in [0.2, 0.25) is 0 Å². The van der Waals surface area contributed by atoms with Gasteiger partial charge in [0.1, 0.15) is 5.75 Å². The Kier molecular flexibility index (Phi) is 4.35. The molecule has 0 saturated heterocycles. The molecule has 2 heterocycles. The number of fused-ring (bicyclic) bond motifs is 2. The number of para-hydroxylation sites is 3. The summed E-state index contributed by atoms with van der Waals surface area (Å²) in [7, 11) is 0. The summed E-state index contributed by atoms with van der Waals surface area (Å²) in [6, 6.07) is 15.6. The highest BCUT2D eigenvalue weighted by atomic mass is 16.5. The zero-order valence-corrected chi connectivity index (χ0v) is 14.3. The molecule has 0 bridgehead atoms. The first-order valence-corrected chi connectivity index (χ1v) is 8.68. The average Bonchev–Trinajstić information content (AvgIpc) is 2.98. The van der Waals surface area contributed by atoms with Gasteiger partial charge < -0.3 is 20.8 Å². The lowest BCUT2D eigenvalue weighted by Crippen LogP contribution is -2.37. The van der Waals surface area contributed by atoms with E-state index in [1.807, 2.05) is 48.5 Å². The van der Waals surface area contributed by atoms with Crippen molar-refractivity contribution in [3.8, 4) is 5.75 Å². The molecule has 0 saturated carbocycles. The third-order valence-electron chi connectivity index (χ3n) is 4.57. The molecule has 1 aliphatic heterocycles. The molecule has 0 aliphatic carbocycles. The van der Waals surface area contributed by atoms with Gasteiger partial charge in [-0.3, -0.25) is 9.56 Å². The maximum atomic E-state index is 12.1. The monoisotopic (exact) mass is 351 g/mol. The zero-order chi connectivity index (χ0) is 17.9. The first-order chi connectivity index (χ1) is 12.7. The van der Waals surface area contributed by atoms with Crippen LogP contribution in [0, 0.1) is 0 Å². The number of rotatable bonds is 4. The van der Waals surface area contributed by atoms with E-state index in [1.54, 1.807) is 4.57 Å². The van der Waals surface area contributed by atoms with Crippen LogP contribution < -0.4 is 21.5 Å². The van der Waals surface area contributed by atoms with Gasteiger partial charge in [-0.15, -0.1) is 0 Å². The van der Waals surface area contributed by atoms with Crippen LogP contribution in [0.15, 0.2) is 58.3 Å². The highest BCUT2D eigenvalue weighted by molar-refractivity contribution is 5.78. The maximum Gasteiger partial charge on any atom is 0.326 e. The van der Waals surface area contributed by atoms with E-state index in [2.05, 4.69) is 15.3 Å². The molecule has 1 atom stereocenters. The molecular formula is C19H21N5O2. The highest BCUT2D eigenvalue weighted by Crippen LogP contribution is 2.31. The van der Waals surface area contributed by atoms with Crippen LogP contribution in [0.25, 0.3) is 11.0 Å². The lowest BCUT2D eigenvalue weighted by molar-refractivity contribution is 0.262. The van der Waals surface area contributed by atoms with Crippen molar-refractivity contribution >= 4 is 17.0 Å². The third-order valence-corrected chi connectivity index (χ3v) is 4.57. The molecule has 134 valence electrons. The van der Waals surface area contributed by atoms with Crippen LogP contribution in [0.3, 0.4) is 0 Å². The van der Waals surface area contributed by atoms with Crippen molar-refractivity contribution < 1.29 is 4.74 Å². The van der Waals surface area contributed by atoms with Crippen molar-refractivity contribution in [3.05, 3.63) is 64.6 Å². The van der Waals surface area contributed by atoms with Crippen molar-refractivity contribution in [3.63, 3.8) is 0 Å². The van der Waals surface area contributed by atoms with Crippen molar-refractivity contribution in [1.29, 1.82) is 0 Å². The number of aromatic amines is 1. The fourth-order valence-corrected chi connectivity index (χ4v) is 3.32. The van der Waals surface area contributed by atoms with Gasteiger partial charge in [0.25, 0.3) is 0 Å². The number of nitrogens with two attached hydrogens (primary N) is 1. The second kappa shape index (κ2) is 6.95. The Bertz CT molecular complexity index is 1000. The van der Waals surface area contributed by atoms with Crippen LogP contribution in [0.5, 0.6) is 5.75 Å². The quantitative estimate of drug-likeness (QED) is 0.493. The summed E-state index contributed by atoms with van der Waals surface area (Å²) in [5, 5.41) is 3.26. The summed E-state index contributed by atoms with van der Waals surface area (Å²) in [5.41, 5.74) is 8.71. The number of aliphatic imine (C=N–C) groups is 1. The van der Waals surface area contributed by atoms with Crippen LogP contribution in [-0.2, 0) is 6.54 Å². The maximum absolute atomic E-state index is 12.1. The number of aromatic nitrogens is 2. The number of nitrogens with one attached hydrogen (secondary N) is 2. The molecule has 3 aromatic rings. The van der Waals surface area contributed by atoms with E-state index >= 15 is 0 Å². The van der Waals surface area contributed by atoms with E-state index in [1.165, 1.54) is 0 Å². The number of hydrogen-bond acceptors (Lipinski definition) is 3. The number of H-pyrrole nitrogens is 1. The minimum absolute atomic E-state index is 0.0829. The molecule has 0 amide bonds. The van der Waals surface area contributed by atoms with E-state index < -0.39 is 0 Å². The molecule has 4 rings (SSSR count). The number of benzene rings is 2. The lowest BCUT2D eigenvalue weighted by Gasteiger charge is -2.26. The Hall–Kier alpha value is -3.22.